The summed E-state index contributed by atoms with van der Waals surface area (Å²) in [6, 6.07) is 5.98. The van der Waals surface area contributed by atoms with Gasteiger partial charge in [0.25, 0.3) is 0 Å². The second-order valence-electron chi connectivity index (χ2n) is 3.26. The van der Waals surface area contributed by atoms with Crippen LogP contribution in [0.4, 0.5) is 0 Å². The van der Waals surface area contributed by atoms with E-state index in [9.17, 15) is 19.2 Å². The Morgan fingerprint density at radius 3 is 1.84 bits per heavy atom. The fraction of sp³-hybridized carbons (Fsp3) is 0.167. The van der Waals surface area contributed by atoms with Gasteiger partial charge in [0.15, 0.2) is 0 Å². The van der Waals surface area contributed by atoms with Crippen molar-refractivity contribution in [2.24, 2.45) is 0 Å². The number of para-hydroxylation sites is 1. The van der Waals surface area contributed by atoms with Gasteiger partial charge in [-0.2, -0.15) is 0 Å². The van der Waals surface area contributed by atoms with E-state index in [4.69, 9.17) is 10.2 Å². The van der Waals surface area contributed by atoms with E-state index in [2.05, 4.69) is 4.74 Å². The van der Waals surface area contributed by atoms with Crippen molar-refractivity contribution in [2.45, 2.75) is 13.8 Å². The van der Waals surface area contributed by atoms with E-state index in [1.54, 1.807) is 12.1 Å². The topological polar surface area (TPSA) is 118 Å². The van der Waals surface area contributed by atoms with Crippen LogP contribution in [0.5, 0.6) is 5.75 Å². The minimum atomic E-state index is -1.38. The molecular formula is C12H12O7. The summed E-state index contributed by atoms with van der Waals surface area (Å²) in [5.41, 5.74) is -0.0160. The molecule has 2 N–H and O–H groups in total. The molecule has 0 amide bonds. The molecule has 0 heterocycles. The first-order chi connectivity index (χ1) is 8.75. The second-order valence-corrected chi connectivity index (χ2v) is 3.26. The van der Waals surface area contributed by atoms with Gasteiger partial charge in [-0.15, -0.1) is 0 Å². The number of carboxylic acids is 2. The molecule has 1 rings (SSSR count). The molecule has 0 aliphatic rings. The van der Waals surface area contributed by atoms with Crippen molar-refractivity contribution >= 4 is 23.7 Å². The fourth-order valence-corrected chi connectivity index (χ4v) is 0.887. The quantitative estimate of drug-likeness (QED) is 0.476. The molecule has 7 heteroatoms. The number of carboxylic acid groups (broad SMARTS) is 2. The highest BCUT2D eigenvalue weighted by atomic mass is 16.5. The third kappa shape index (κ3) is 6.57. The molecule has 1 aromatic rings. The zero-order valence-electron chi connectivity index (χ0n) is 10.2. The number of rotatable bonds is 3. The van der Waals surface area contributed by atoms with Crippen molar-refractivity contribution < 1.29 is 34.1 Å². The van der Waals surface area contributed by atoms with Crippen molar-refractivity contribution in [3.05, 3.63) is 29.8 Å². The highest BCUT2D eigenvalue weighted by molar-refractivity contribution is 6.31. The van der Waals surface area contributed by atoms with Gasteiger partial charge in [-0.1, -0.05) is 12.1 Å². The summed E-state index contributed by atoms with van der Waals surface area (Å²) in [6.07, 6.45) is 0. The van der Waals surface area contributed by atoms with Crippen LogP contribution in [0, 0.1) is 0 Å². The summed E-state index contributed by atoms with van der Waals surface area (Å²) in [5, 5.41) is 16.3. The molecule has 0 atom stereocenters. The Kier molecular flexibility index (Phi) is 6.51. The minimum absolute atomic E-state index is 0.0160. The van der Waals surface area contributed by atoms with Gasteiger partial charge in [0.2, 0.25) is 5.78 Å². The third-order valence-electron chi connectivity index (χ3n) is 1.67. The maximum absolute atomic E-state index is 10.6. The van der Waals surface area contributed by atoms with E-state index in [0.717, 1.165) is 6.92 Å². The summed E-state index contributed by atoms with van der Waals surface area (Å²) in [4.78, 5) is 40.1. The molecule has 19 heavy (non-hydrogen) atoms. The Morgan fingerprint density at radius 2 is 1.47 bits per heavy atom. The Labute approximate surface area is 108 Å². The smallest absolute Gasteiger partial charge is 0.371 e. The number of ether oxygens (including phenoxy) is 1. The Bertz CT molecular complexity index is 493. The molecule has 0 unspecified atom stereocenters. The van der Waals surface area contributed by atoms with Gasteiger partial charge >= 0.3 is 17.9 Å². The van der Waals surface area contributed by atoms with Gasteiger partial charge in [0.1, 0.15) is 11.3 Å². The van der Waals surface area contributed by atoms with Gasteiger partial charge in [0.05, 0.1) is 0 Å². The average Bonchev–Trinajstić information content (AvgIpc) is 2.29. The number of aliphatic carboxylic acids is 1. The van der Waals surface area contributed by atoms with E-state index >= 15 is 0 Å². The zero-order chi connectivity index (χ0) is 15.0. The van der Waals surface area contributed by atoms with Gasteiger partial charge in [0, 0.05) is 13.8 Å². The molecule has 0 saturated heterocycles. The summed E-state index contributed by atoms with van der Waals surface area (Å²) in [5.74, 6) is -3.78. The molecule has 0 aliphatic carbocycles. The Hall–Kier alpha value is -2.70. The van der Waals surface area contributed by atoms with Crippen LogP contribution in [-0.4, -0.2) is 33.9 Å². The van der Waals surface area contributed by atoms with Crippen LogP contribution >= 0.6 is 0 Å². The van der Waals surface area contributed by atoms with E-state index in [0.29, 0.717) is 0 Å². The average molecular weight is 268 g/mol. The predicted molar refractivity (Wildman–Crippen MR) is 63.0 cm³/mol. The molecule has 0 aliphatic heterocycles. The molecule has 0 saturated carbocycles. The van der Waals surface area contributed by atoms with Crippen LogP contribution in [-0.2, 0) is 14.4 Å². The predicted octanol–water partition coefficient (Wildman–Crippen LogP) is 0.970. The highest BCUT2D eigenvalue weighted by Gasteiger charge is 2.10. The van der Waals surface area contributed by atoms with E-state index in [1.807, 2.05) is 0 Å². The van der Waals surface area contributed by atoms with Gasteiger partial charge in [-0.05, 0) is 12.1 Å². The maximum atomic E-state index is 10.6. The molecule has 0 bridgehead atoms. The minimum Gasteiger partial charge on any atom is -0.478 e. The summed E-state index contributed by atoms with van der Waals surface area (Å²) >= 11 is 0. The molecule has 102 valence electrons. The summed E-state index contributed by atoms with van der Waals surface area (Å²) in [6.45, 7) is 2.22. The summed E-state index contributed by atoms with van der Waals surface area (Å²) < 4.78 is 4.69. The number of esters is 1. The first-order valence-electron chi connectivity index (χ1n) is 5.00. The number of ketones is 1. The number of Topliss-reactive ketones (excluding diaryl/α,β-unsaturated/α-hetero) is 1. The van der Waals surface area contributed by atoms with E-state index < -0.39 is 23.7 Å². The number of carbonyl (C=O) groups excluding carboxylic acids is 2. The lowest BCUT2D eigenvalue weighted by molar-refractivity contribution is -0.148. The van der Waals surface area contributed by atoms with Crippen LogP contribution in [0.15, 0.2) is 24.3 Å². The maximum Gasteiger partial charge on any atom is 0.371 e. The van der Waals surface area contributed by atoms with Crippen LogP contribution in [0.25, 0.3) is 0 Å². The first kappa shape index (κ1) is 16.3. The zero-order valence-corrected chi connectivity index (χ0v) is 10.2. The lowest BCUT2D eigenvalue weighted by Gasteiger charge is -2.03. The number of hydrogen-bond donors (Lipinski definition) is 2. The number of carbonyl (C=O) groups is 4. The van der Waals surface area contributed by atoms with Crippen LogP contribution < -0.4 is 4.74 Å². The van der Waals surface area contributed by atoms with Crippen LogP contribution in [0.2, 0.25) is 0 Å². The Morgan fingerprint density at radius 1 is 1.00 bits per heavy atom. The third-order valence-corrected chi connectivity index (χ3v) is 1.67. The van der Waals surface area contributed by atoms with E-state index in [1.165, 1.54) is 19.1 Å². The molecule has 7 nitrogen and oxygen atoms in total. The molecule has 0 aromatic heterocycles. The summed E-state index contributed by atoms with van der Waals surface area (Å²) in [7, 11) is 0. The van der Waals surface area contributed by atoms with Gasteiger partial charge < -0.3 is 14.9 Å². The van der Waals surface area contributed by atoms with Crippen LogP contribution in [0.1, 0.15) is 24.2 Å². The second kappa shape index (κ2) is 7.59. The largest absolute Gasteiger partial charge is 0.478 e. The molecule has 0 radical (unpaired) electrons. The van der Waals surface area contributed by atoms with Crippen molar-refractivity contribution in [1.82, 2.24) is 0 Å². The molecule has 0 spiro atoms. The number of hydrogen-bond acceptors (Lipinski definition) is 5. The van der Waals surface area contributed by atoms with Crippen molar-refractivity contribution in [1.29, 1.82) is 0 Å². The van der Waals surface area contributed by atoms with Crippen LogP contribution in [0.3, 0.4) is 0 Å². The van der Waals surface area contributed by atoms with Gasteiger partial charge in [-0.3, -0.25) is 9.59 Å². The monoisotopic (exact) mass is 268 g/mol. The number of benzene rings is 1. The lowest BCUT2D eigenvalue weighted by Crippen LogP contribution is -2.06. The fourth-order valence-electron chi connectivity index (χ4n) is 0.887. The first-order valence-corrected chi connectivity index (χ1v) is 5.00. The van der Waals surface area contributed by atoms with Crippen molar-refractivity contribution in [2.75, 3.05) is 0 Å². The number of aromatic carboxylic acids is 1. The van der Waals surface area contributed by atoms with Gasteiger partial charge in [-0.25, -0.2) is 9.59 Å². The van der Waals surface area contributed by atoms with Crippen molar-refractivity contribution in [3.63, 3.8) is 0 Å². The molecular weight excluding hydrogens is 256 g/mol. The highest BCUT2D eigenvalue weighted by Crippen LogP contribution is 2.17. The standard InChI is InChI=1S/C9H8O4.C3H4O3/c1-6(10)13-8-5-3-2-4-7(8)9(11)12;1-2(4)3(5)6/h2-5H,1H3,(H,11,12);1H3,(H,5,6). The van der Waals surface area contributed by atoms with E-state index in [-0.39, 0.29) is 11.3 Å². The lowest BCUT2D eigenvalue weighted by atomic mass is 10.2. The SMILES string of the molecule is CC(=O)C(=O)O.CC(=O)Oc1ccccc1C(=O)O. The normalized spacial score (nSPS) is 8.74. The Balaban J connectivity index is 0.000000459. The van der Waals surface area contributed by atoms with Crippen molar-refractivity contribution in [3.8, 4) is 5.75 Å². The molecule has 1 aromatic carbocycles. The molecule has 0 fully saturated rings.